The van der Waals surface area contributed by atoms with Crippen LogP contribution in [-0.4, -0.2) is 4.57 Å². The first kappa shape index (κ1) is 31.6. The predicted molar refractivity (Wildman–Crippen MR) is 229 cm³/mol. The maximum Gasteiger partial charge on any atom is 0.0547 e. The van der Waals surface area contributed by atoms with Gasteiger partial charge < -0.3 is 9.47 Å². The first-order valence-electron chi connectivity index (χ1n) is 18.5. The lowest BCUT2D eigenvalue weighted by Crippen LogP contribution is -2.10. The fourth-order valence-electron chi connectivity index (χ4n) is 7.92. The smallest absolute Gasteiger partial charge is 0.0547 e. The topological polar surface area (TPSA) is 8.17 Å². The zero-order chi connectivity index (χ0) is 35.8. The number of benzene rings is 9. The van der Waals surface area contributed by atoms with Crippen LogP contribution in [0, 0.1) is 0 Å². The minimum absolute atomic E-state index is 1.10. The van der Waals surface area contributed by atoms with Gasteiger partial charge in [-0.15, -0.1) is 0 Å². The van der Waals surface area contributed by atoms with E-state index in [4.69, 9.17) is 0 Å². The van der Waals surface area contributed by atoms with E-state index in [1.54, 1.807) is 0 Å². The van der Waals surface area contributed by atoms with Crippen molar-refractivity contribution in [2.45, 2.75) is 0 Å². The van der Waals surface area contributed by atoms with Crippen LogP contribution in [0.25, 0.3) is 71.6 Å². The van der Waals surface area contributed by atoms with Gasteiger partial charge in [0.2, 0.25) is 0 Å². The van der Waals surface area contributed by atoms with Crippen molar-refractivity contribution in [2.75, 3.05) is 4.90 Å². The van der Waals surface area contributed by atoms with E-state index in [1.165, 1.54) is 60.4 Å². The van der Waals surface area contributed by atoms with Crippen LogP contribution in [0.5, 0.6) is 0 Å². The molecule has 0 fully saturated rings. The highest BCUT2D eigenvalue weighted by molar-refractivity contribution is 6.13. The SMILES string of the molecule is c1ccc(-c2ccc(N(c3cccc(-c4ccccc4)c3)c3cccc(-c4cccc(-n5c6ccccc6c6cc7ccccc7cc65)c4)c3)cc2)cc1. The molecule has 0 aliphatic rings. The van der Waals surface area contributed by atoms with Crippen molar-refractivity contribution in [3.05, 3.63) is 218 Å². The maximum atomic E-state index is 2.42. The van der Waals surface area contributed by atoms with Crippen molar-refractivity contribution >= 4 is 49.6 Å². The largest absolute Gasteiger partial charge is 0.310 e. The van der Waals surface area contributed by atoms with Crippen LogP contribution >= 0.6 is 0 Å². The molecule has 0 unspecified atom stereocenters. The lowest BCUT2D eigenvalue weighted by Gasteiger charge is -2.27. The Morgan fingerprint density at radius 3 is 1.46 bits per heavy atom. The quantitative estimate of drug-likeness (QED) is 0.162. The molecule has 9 aromatic carbocycles. The van der Waals surface area contributed by atoms with Gasteiger partial charge in [-0.2, -0.15) is 0 Å². The van der Waals surface area contributed by atoms with Crippen molar-refractivity contribution in [3.8, 4) is 39.1 Å². The van der Waals surface area contributed by atoms with E-state index in [-0.39, 0.29) is 0 Å². The fraction of sp³-hybridized carbons (Fsp3) is 0. The van der Waals surface area contributed by atoms with Crippen molar-refractivity contribution in [1.82, 2.24) is 4.57 Å². The zero-order valence-corrected chi connectivity index (χ0v) is 29.7. The summed E-state index contributed by atoms with van der Waals surface area (Å²) in [6.07, 6.45) is 0. The average molecular weight is 689 g/mol. The molecule has 1 heterocycles. The van der Waals surface area contributed by atoms with Gasteiger partial charge in [-0.3, -0.25) is 0 Å². The van der Waals surface area contributed by atoms with Crippen LogP contribution in [-0.2, 0) is 0 Å². The minimum Gasteiger partial charge on any atom is -0.310 e. The molecule has 54 heavy (non-hydrogen) atoms. The fourth-order valence-corrected chi connectivity index (χ4v) is 7.92. The van der Waals surface area contributed by atoms with E-state index in [0.29, 0.717) is 0 Å². The molecule has 2 heteroatoms. The van der Waals surface area contributed by atoms with Crippen LogP contribution in [0.3, 0.4) is 0 Å². The Balaban J connectivity index is 1.10. The van der Waals surface area contributed by atoms with Crippen molar-refractivity contribution in [3.63, 3.8) is 0 Å². The Morgan fingerprint density at radius 1 is 0.278 bits per heavy atom. The van der Waals surface area contributed by atoms with Gasteiger partial charge in [-0.1, -0.05) is 152 Å². The van der Waals surface area contributed by atoms with Gasteiger partial charge in [0.15, 0.2) is 0 Å². The Bertz CT molecular complexity index is 2920. The van der Waals surface area contributed by atoms with Crippen LogP contribution in [0.2, 0.25) is 0 Å². The van der Waals surface area contributed by atoms with E-state index in [9.17, 15) is 0 Å². The van der Waals surface area contributed by atoms with Crippen molar-refractivity contribution in [1.29, 1.82) is 0 Å². The molecule has 0 saturated heterocycles. The summed E-state index contributed by atoms with van der Waals surface area (Å²) in [5.74, 6) is 0. The molecule has 0 aliphatic heterocycles. The van der Waals surface area contributed by atoms with Crippen molar-refractivity contribution in [2.24, 2.45) is 0 Å². The monoisotopic (exact) mass is 688 g/mol. The molecule has 0 amide bonds. The van der Waals surface area contributed by atoms with Gasteiger partial charge in [-0.05, 0) is 111 Å². The van der Waals surface area contributed by atoms with Crippen LogP contribution in [0.4, 0.5) is 17.1 Å². The third-order valence-corrected chi connectivity index (χ3v) is 10.5. The van der Waals surface area contributed by atoms with E-state index in [1.807, 2.05) is 0 Å². The Kier molecular flexibility index (Phi) is 7.85. The van der Waals surface area contributed by atoms with E-state index < -0.39 is 0 Å². The molecule has 0 aliphatic carbocycles. The summed E-state index contributed by atoms with van der Waals surface area (Å²) < 4.78 is 2.42. The van der Waals surface area contributed by atoms with E-state index in [0.717, 1.165) is 28.3 Å². The summed E-state index contributed by atoms with van der Waals surface area (Å²) in [5, 5.41) is 5.03. The van der Waals surface area contributed by atoms with E-state index >= 15 is 0 Å². The predicted octanol–water partition coefficient (Wildman–Crippen LogP) is 14.4. The highest BCUT2D eigenvalue weighted by atomic mass is 15.1. The second-order valence-corrected chi connectivity index (χ2v) is 13.8. The first-order valence-corrected chi connectivity index (χ1v) is 18.5. The molecule has 2 nitrogen and oxygen atoms in total. The number of hydrogen-bond acceptors (Lipinski definition) is 1. The van der Waals surface area contributed by atoms with Crippen LogP contribution in [0.1, 0.15) is 0 Å². The number of nitrogens with zero attached hydrogens (tertiary/aromatic N) is 2. The Morgan fingerprint density at radius 2 is 0.778 bits per heavy atom. The molecule has 0 bridgehead atoms. The number of para-hydroxylation sites is 1. The molecule has 1 aromatic heterocycles. The molecule has 0 N–H and O–H groups in total. The van der Waals surface area contributed by atoms with Gasteiger partial charge in [0.05, 0.1) is 11.0 Å². The first-order chi connectivity index (χ1) is 26.8. The summed E-state index contributed by atoms with van der Waals surface area (Å²) in [5.41, 5.74) is 14.0. The molecule has 0 atom stereocenters. The summed E-state index contributed by atoms with van der Waals surface area (Å²) in [6.45, 7) is 0. The molecule has 10 aromatic rings. The zero-order valence-electron chi connectivity index (χ0n) is 29.7. The van der Waals surface area contributed by atoms with Gasteiger partial charge in [0.1, 0.15) is 0 Å². The molecule has 0 spiro atoms. The average Bonchev–Trinajstić information content (AvgIpc) is 3.57. The third kappa shape index (κ3) is 5.71. The second kappa shape index (κ2) is 13.4. The lowest BCUT2D eigenvalue weighted by atomic mass is 10.0. The van der Waals surface area contributed by atoms with Crippen LogP contribution < -0.4 is 4.90 Å². The van der Waals surface area contributed by atoms with Gasteiger partial charge in [0.25, 0.3) is 0 Å². The van der Waals surface area contributed by atoms with Gasteiger partial charge >= 0.3 is 0 Å². The lowest BCUT2D eigenvalue weighted by molar-refractivity contribution is 1.18. The number of hydrogen-bond donors (Lipinski definition) is 0. The summed E-state index contributed by atoms with van der Waals surface area (Å²) in [7, 11) is 0. The molecule has 10 rings (SSSR count). The molecule has 0 radical (unpaired) electrons. The number of fused-ring (bicyclic) bond motifs is 4. The summed E-state index contributed by atoms with van der Waals surface area (Å²) in [4.78, 5) is 2.37. The number of aromatic nitrogens is 1. The van der Waals surface area contributed by atoms with Crippen LogP contribution in [0.15, 0.2) is 218 Å². The summed E-state index contributed by atoms with van der Waals surface area (Å²) in [6, 6.07) is 78.9. The van der Waals surface area contributed by atoms with Crippen molar-refractivity contribution < 1.29 is 0 Å². The maximum absolute atomic E-state index is 2.42. The highest BCUT2D eigenvalue weighted by Crippen LogP contribution is 2.40. The summed E-state index contributed by atoms with van der Waals surface area (Å²) >= 11 is 0. The standard InChI is InChI=1S/C52H36N2/c1-3-14-37(15-4-1)39-28-30-45(31-29-39)53(46-23-11-20-40(32-46)38-16-5-2-6-17-38)47-24-12-21-41(33-47)42-22-13-25-48(34-42)54-51-27-10-9-26-49(51)50-35-43-18-7-8-19-44(43)36-52(50)54/h1-36H. The second-order valence-electron chi connectivity index (χ2n) is 13.8. The molecular formula is C52H36N2. The van der Waals surface area contributed by atoms with E-state index in [2.05, 4.69) is 228 Å². The normalized spacial score (nSPS) is 11.3. The Labute approximate surface area is 315 Å². The molecule has 0 saturated carbocycles. The van der Waals surface area contributed by atoms with Gasteiger partial charge in [-0.25, -0.2) is 0 Å². The van der Waals surface area contributed by atoms with Gasteiger partial charge in [0, 0.05) is 33.5 Å². The third-order valence-electron chi connectivity index (χ3n) is 10.5. The molecule has 254 valence electrons. The number of anilines is 3. The minimum atomic E-state index is 1.10. The number of rotatable bonds is 7. The highest BCUT2D eigenvalue weighted by Gasteiger charge is 2.17. The Hall–Kier alpha value is -7.16. The molecular weight excluding hydrogens is 653 g/mol.